The Hall–Kier alpha value is -2.67. The van der Waals surface area contributed by atoms with E-state index < -0.39 is 0 Å². The minimum Gasteiger partial charge on any atom is -0.454 e. The van der Waals surface area contributed by atoms with Crippen LogP contribution in [-0.2, 0) is 0 Å². The molecule has 1 aromatic heterocycles. The zero-order valence-corrected chi connectivity index (χ0v) is 17.5. The summed E-state index contributed by atoms with van der Waals surface area (Å²) in [6.45, 7) is 6.30. The molecular formula is C21H20BrN3O3. The maximum atomic E-state index is 13.2. The van der Waals surface area contributed by atoms with Crippen LogP contribution in [0.25, 0.3) is 10.9 Å². The number of aryl methyl sites for hydroxylation is 1. The normalized spacial score (nSPS) is 14.1. The van der Waals surface area contributed by atoms with E-state index in [-0.39, 0.29) is 18.3 Å². The lowest BCUT2D eigenvalue weighted by Gasteiger charge is -2.14. The molecule has 0 bridgehead atoms. The molecule has 0 saturated carbocycles. The van der Waals surface area contributed by atoms with Crippen molar-refractivity contribution in [1.29, 1.82) is 0 Å². The van der Waals surface area contributed by atoms with E-state index >= 15 is 0 Å². The number of benzene rings is 2. The first kappa shape index (κ1) is 18.7. The van der Waals surface area contributed by atoms with Crippen molar-refractivity contribution in [2.24, 2.45) is 5.10 Å². The molecule has 0 saturated heterocycles. The fourth-order valence-corrected chi connectivity index (χ4v) is 3.46. The Labute approximate surface area is 170 Å². The molecule has 7 heteroatoms. The van der Waals surface area contributed by atoms with E-state index in [0.717, 1.165) is 27.8 Å². The monoisotopic (exact) mass is 441 g/mol. The zero-order valence-electron chi connectivity index (χ0n) is 15.9. The van der Waals surface area contributed by atoms with Crippen molar-refractivity contribution in [3.8, 4) is 11.5 Å². The summed E-state index contributed by atoms with van der Waals surface area (Å²) in [5.41, 5.74) is 2.34. The molecule has 0 amide bonds. The first-order chi connectivity index (χ1) is 13.5. The van der Waals surface area contributed by atoms with Crippen molar-refractivity contribution in [3.63, 3.8) is 0 Å². The van der Waals surface area contributed by atoms with Gasteiger partial charge in [0.1, 0.15) is 5.82 Å². The average Bonchev–Trinajstić information content (AvgIpc) is 3.13. The fraction of sp³-hybridized carbons (Fsp3) is 0.286. The zero-order chi connectivity index (χ0) is 19.8. The molecule has 0 aliphatic carbocycles. The van der Waals surface area contributed by atoms with Crippen LogP contribution < -0.4 is 15.0 Å². The number of ether oxygens (including phenoxy) is 2. The third-order valence-corrected chi connectivity index (χ3v) is 5.45. The predicted octanol–water partition coefficient (Wildman–Crippen LogP) is 4.59. The van der Waals surface area contributed by atoms with Gasteiger partial charge in [-0.1, -0.05) is 29.8 Å². The second-order valence-corrected chi connectivity index (χ2v) is 7.78. The molecule has 4 rings (SSSR count). The van der Waals surface area contributed by atoms with Gasteiger partial charge in [-0.3, -0.25) is 4.79 Å². The molecule has 6 nitrogen and oxygen atoms in total. The molecule has 144 valence electrons. The van der Waals surface area contributed by atoms with Crippen molar-refractivity contribution in [2.45, 2.75) is 33.1 Å². The van der Waals surface area contributed by atoms with E-state index in [4.69, 9.17) is 14.5 Å². The molecule has 1 aliphatic rings. The van der Waals surface area contributed by atoms with Gasteiger partial charge in [0.05, 0.1) is 17.1 Å². The standard InChI is InChI=1S/C21H20BrN3O3/c1-4-12(2)20-24-17-6-5-15(22)9-16(17)21(26)25(20)23-10-14-8-19-18(7-13(14)3)27-11-28-19/h5-10,12H,4,11H2,1-3H3/t12-/m1/s1. The summed E-state index contributed by atoms with van der Waals surface area (Å²) in [4.78, 5) is 17.9. The lowest BCUT2D eigenvalue weighted by Crippen LogP contribution is -2.23. The quantitative estimate of drug-likeness (QED) is 0.555. The molecule has 3 aromatic rings. The number of hydrogen-bond donors (Lipinski definition) is 0. The van der Waals surface area contributed by atoms with Crippen molar-refractivity contribution in [1.82, 2.24) is 9.66 Å². The van der Waals surface area contributed by atoms with Gasteiger partial charge >= 0.3 is 0 Å². The van der Waals surface area contributed by atoms with E-state index in [2.05, 4.69) is 28.0 Å². The summed E-state index contributed by atoms with van der Waals surface area (Å²) >= 11 is 3.43. The van der Waals surface area contributed by atoms with Crippen molar-refractivity contribution >= 4 is 33.0 Å². The van der Waals surface area contributed by atoms with Gasteiger partial charge in [0, 0.05) is 16.0 Å². The van der Waals surface area contributed by atoms with Crippen LogP contribution in [0.5, 0.6) is 11.5 Å². The number of fused-ring (bicyclic) bond motifs is 2. The van der Waals surface area contributed by atoms with Crippen LogP contribution in [0.1, 0.15) is 43.1 Å². The fourth-order valence-electron chi connectivity index (χ4n) is 3.10. The van der Waals surface area contributed by atoms with E-state index in [1.54, 1.807) is 12.3 Å². The van der Waals surface area contributed by atoms with E-state index in [0.29, 0.717) is 22.5 Å². The van der Waals surface area contributed by atoms with Gasteiger partial charge in [0.25, 0.3) is 5.56 Å². The number of nitrogens with zero attached hydrogens (tertiary/aromatic N) is 3. The summed E-state index contributed by atoms with van der Waals surface area (Å²) < 4.78 is 13.1. The van der Waals surface area contributed by atoms with Crippen molar-refractivity contribution in [3.05, 3.63) is 62.1 Å². The molecule has 0 spiro atoms. The molecule has 0 unspecified atom stereocenters. The highest BCUT2D eigenvalue weighted by atomic mass is 79.9. The number of halogens is 1. The summed E-state index contributed by atoms with van der Waals surface area (Å²) in [6.07, 6.45) is 2.53. The van der Waals surface area contributed by atoms with Crippen molar-refractivity contribution in [2.75, 3.05) is 6.79 Å². The second-order valence-electron chi connectivity index (χ2n) is 6.86. The number of aromatic nitrogens is 2. The van der Waals surface area contributed by atoms with Crippen LogP contribution in [0.3, 0.4) is 0 Å². The Balaban J connectivity index is 1.86. The van der Waals surface area contributed by atoms with Crippen LogP contribution >= 0.6 is 15.9 Å². The van der Waals surface area contributed by atoms with E-state index in [1.807, 2.05) is 38.1 Å². The maximum Gasteiger partial charge on any atom is 0.282 e. The Morgan fingerprint density at radius 3 is 2.79 bits per heavy atom. The first-order valence-electron chi connectivity index (χ1n) is 9.14. The molecule has 0 N–H and O–H groups in total. The lowest BCUT2D eigenvalue weighted by molar-refractivity contribution is 0.174. The molecule has 2 heterocycles. The Kier molecular flexibility index (Phi) is 4.93. The van der Waals surface area contributed by atoms with E-state index in [1.165, 1.54) is 4.68 Å². The molecule has 0 radical (unpaired) electrons. The van der Waals surface area contributed by atoms with Crippen molar-refractivity contribution < 1.29 is 9.47 Å². The van der Waals surface area contributed by atoms with Crippen LogP contribution in [0.15, 0.2) is 44.7 Å². The summed E-state index contributed by atoms with van der Waals surface area (Å²) in [5.74, 6) is 2.15. The van der Waals surface area contributed by atoms with Crippen LogP contribution in [0.2, 0.25) is 0 Å². The van der Waals surface area contributed by atoms with Gasteiger partial charge < -0.3 is 9.47 Å². The van der Waals surface area contributed by atoms with Crippen LogP contribution in [0, 0.1) is 6.92 Å². The Bertz CT molecular complexity index is 1150. The Morgan fingerprint density at radius 2 is 2.04 bits per heavy atom. The molecular weight excluding hydrogens is 422 g/mol. The lowest BCUT2D eigenvalue weighted by atomic mass is 10.1. The minimum absolute atomic E-state index is 0.0933. The van der Waals surface area contributed by atoms with Gasteiger partial charge in [0.2, 0.25) is 6.79 Å². The van der Waals surface area contributed by atoms with Gasteiger partial charge in [-0.25, -0.2) is 4.98 Å². The predicted molar refractivity (Wildman–Crippen MR) is 113 cm³/mol. The molecule has 1 atom stereocenters. The van der Waals surface area contributed by atoms with E-state index in [9.17, 15) is 4.79 Å². The summed E-state index contributed by atoms with van der Waals surface area (Å²) in [6, 6.07) is 9.31. The third kappa shape index (κ3) is 3.30. The molecule has 1 aliphatic heterocycles. The van der Waals surface area contributed by atoms with Gasteiger partial charge in [0.15, 0.2) is 11.5 Å². The Morgan fingerprint density at radius 1 is 1.29 bits per heavy atom. The topological polar surface area (TPSA) is 65.7 Å². The highest BCUT2D eigenvalue weighted by Gasteiger charge is 2.17. The van der Waals surface area contributed by atoms with Gasteiger partial charge in [-0.2, -0.15) is 9.78 Å². The third-order valence-electron chi connectivity index (χ3n) is 4.96. The van der Waals surface area contributed by atoms with Gasteiger partial charge in [-0.05, 0) is 49.2 Å². The van der Waals surface area contributed by atoms with Crippen LogP contribution in [0.4, 0.5) is 0 Å². The minimum atomic E-state index is -0.184. The largest absolute Gasteiger partial charge is 0.454 e. The maximum absolute atomic E-state index is 13.2. The smallest absolute Gasteiger partial charge is 0.282 e. The van der Waals surface area contributed by atoms with Crippen LogP contribution in [-0.4, -0.2) is 22.7 Å². The second kappa shape index (κ2) is 7.39. The first-order valence-corrected chi connectivity index (χ1v) is 9.94. The average molecular weight is 442 g/mol. The summed E-state index contributed by atoms with van der Waals surface area (Å²) in [7, 11) is 0. The summed E-state index contributed by atoms with van der Waals surface area (Å²) in [5, 5.41) is 5.04. The number of hydrogen-bond acceptors (Lipinski definition) is 5. The molecule has 28 heavy (non-hydrogen) atoms. The van der Waals surface area contributed by atoms with Gasteiger partial charge in [-0.15, -0.1) is 0 Å². The SMILES string of the molecule is CC[C@@H](C)c1nc2ccc(Br)cc2c(=O)n1N=Cc1cc2c(cc1C)OCO2. The highest BCUT2D eigenvalue weighted by Crippen LogP contribution is 2.34. The molecule has 0 fully saturated rings. The molecule has 2 aromatic carbocycles. The number of rotatable bonds is 4. The highest BCUT2D eigenvalue weighted by molar-refractivity contribution is 9.10.